The first kappa shape index (κ1) is 17.4. The summed E-state index contributed by atoms with van der Waals surface area (Å²) in [6.07, 6.45) is 0.816. The minimum atomic E-state index is -0.391. The van der Waals surface area contributed by atoms with Crippen molar-refractivity contribution in [3.05, 3.63) is 35.6 Å². The van der Waals surface area contributed by atoms with E-state index >= 15 is 0 Å². The minimum absolute atomic E-state index is 0.159. The molecule has 21 heavy (non-hydrogen) atoms. The van der Waals surface area contributed by atoms with Gasteiger partial charge in [0.1, 0.15) is 5.82 Å². The number of halogens is 1. The van der Waals surface area contributed by atoms with Gasteiger partial charge >= 0.3 is 6.03 Å². The Labute approximate surface area is 125 Å². The van der Waals surface area contributed by atoms with Crippen LogP contribution in [0.25, 0.3) is 0 Å². The standard InChI is InChI=1S/C16H25FN2O2/c1-12(20)10-16(2,3)11-19-15(21)18-8-7-13-5-4-6-14(17)9-13/h4-6,9,12,20H,7-8,10-11H2,1-3H3,(H2,18,19,21). The summed E-state index contributed by atoms with van der Waals surface area (Å²) in [5, 5.41) is 14.9. The molecule has 0 heterocycles. The van der Waals surface area contributed by atoms with E-state index in [0.29, 0.717) is 25.9 Å². The van der Waals surface area contributed by atoms with Crippen LogP contribution in [-0.2, 0) is 6.42 Å². The molecule has 1 aromatic carbocycles. The molecular weight excluding hydrogens is 271 g/mol. The zero-order valence-electron chi connectivity index (χ0n) is 12.9. The van der Waals surface area contributed by atoms with Crippen molar-refractivity contribution >= 4 is 6.03 Å². The van der Waals surface area contributed by atoms with Crippen molar-refractivity contribution < 1.29 is 14.3 Å². The molecule has 1 aromatic rings. The van der Waals surface area contributed by atoms with E-state index in [1.807, 2.05) is 19.9 Å². The molecule has 0 bridgehead atoms. The molecule has 1 rings (SSSR count). The number of amides is 2. The second kappa shape index (κ2) is 7.98. The summed E-state index contributed by atoms with van der Waals surface area (Å²) in [4.78, 5) is 11.7. The normalized spacial score (nSPS) is 12.8. The molecular formula is C16H25FN2O2. The van der Waals surface area contributed by atoms with Crippen LogP contribution in [0.1, 0.15) is 32.8 Å². The van der Waals surface area contributed by atoms with E-state index in [1.165, 1.54) is 12.1 Å². The lowest BCUT2D eigenvalue weighted by Crippen LogP contribution is -2.42. The predicted molar refractivity (Wildman–Crippen MR) is 81.6 cm³/mol. The fourth-order valence-corrected chi connectivity index (χ4v) is 2.27. The third kappa shape index (κ3) is 7.66. The van der Waals surface area contributed by atoms with Crippen molar-refractivity contribution in [2.45, 2.75) is 39.7 Å². The average Bonchev–Trinajstić information content (AvgIpc) is 2.35. The topological polar surface area (TPSA) is 61.4 Å². The molecule has 0 saturated heterocycles. The average molecular weight is 296 g/mol. The summed E-state index contributed by atoms with van der Waals surface area (Å²) in [5.74, 6) is -0.267. The first-order valence-corrected chi connectivity index (χ1v) is 7.23. The Hall–Kier alpha value is -1.62. The van der Waals surface area contributed by atoms with Crippen molar-refractivity contribution in [3.8, 4) is 0 Å². The molecule has 1 unspecified atom stereocenters. The van der Waals surface area contributed by atoms with Gasteiger partial charge in [0.25, 0.3) is 0 Å². The molecule has 0 saturated carbocycles. The third-order valence-corrected chi connectivity index (χ3v) is 3.16. The summed E-state index contributed by atoms with van der Waals surface area (Å²) >= 11 is 0. The van der Waals surface area contributed by atoms with Crippen molar-refractivity contribution in [3.63, 3.8) is 0 Å². The summed E-state index contributed by atoms with van der Waals surface area (Å²) in [6.45, 7) is 6.66. The first-order chi connectivity index (χ1) is 9.78. The van der Waals surface area contributed by atoms with E-state index in [0.717, 1.165) is 5.56 Å². The van der Waals surface area contributed by atoms with Crippen LogP contribution in [0.15, 0.2) is 24.3 Å². The molecule has 0 spiro atoms. The SMILES string of the molecule is CC(O)CC(C)(C)CNC(=O)NCCc1cccc(F)c1. The molecule has 2 amide bonds. The lowest BCUT2D eigenvalue weighted by Gasteiger charge is -2.26. The maximum absolute atomic E-state index is 13.0. The van der Waals surface area contributed by atoms with Crippen LogP contribution in [0, 0.1) is 11.2 Å². The van der Waals surface area contributed by atoms with Crippen LogP contribution >= 0.6 is 0 Å². The highest BCUT2D eigenvalue weighted by Crippen LogP contribution is 2.20. The highest BCUT2D eigenvalue weighted by molar-refractivity contribution is 5.73. The van der Waals surface area contributed by atoms with Gasteiger partial charge in [-0.1, -0.05) is 26.0 Å². The number of carbonyl (C=O) groups excluding carboxylic acids is 1. The smallest absolute Gasteiger partial charge is 0.314 e. The minimum Gasteiger partial charge on any atom is -0.393 e. The van der Waals surface area contributed by atoms with Gasteiger partial charge in [-0.15, -0.1) is 0 Å². The van der Waals surface area contributed by atoms with E-state index in [4.69, 9.17) is 0 Å². The van der Waals surface area contributed by atoms with Gasteiger partial charge < -0.3 is 15.7 Å². The second-order valence-electron chi connectivity index (χ2n) is 6.21. The molecule has 1 atom stereocenters. The van der Waals surface area contributed by atoms with E-state index in [-0.39, 0.29) is 17.3 Å². The van der Waals surface area contributed by atoms with Crippen molar-refractivity contribution in [1.82, 2.24) is 10.6 Å². The molecule has 0 fully saturated rings. The fraction of sp³-hybridized carbons (Fsp3) is 0.562. The number of carbonyl (C=O) groups is 1. The largest absolute Gasteiger partial charge is 0.393 e. The van der Waals surface area contributed by atoms with Crippen molar-refractivity contribution in [1.29, 1.82) is 0 Å². The number of rotatable bonds is 7. The maximum atomic E-state index is 13.0. The van der Waals surface area contributed by atoms with Gasteiger partial charge in [-0.3, -0.25) is 0 Å². The highest BCUT2D eigenvalue weighted by atomic mass is 19.1. The van der Waals surface area contributed by atoms with E-state index < -0.39 is 6.10 Å². The number of nitrogens with one attached hydrogen (secondary N) is 2. The van der Waals surface area contributed by atoms with E-state index in [2.05, 4.69) is 10.6 Å². The van der Waals surface area contributed by atoms with Gasteiger partial charge in [-0.2, -0.15) is 0 Å². The van der Waals surface area contributed by atoms with Crippen LogP contribution < -0.4 is 10.6 Å². The Morgan fingerprint density at radius 2 is 2.10 bits per heavy atom. The summed E-state index contributed by atoms with van der Waals surface area (Å²) in [7, 11) is 0. The Morgan fingerprint density at radius 3 is 2.71 bits per heavy atom. The van der Waals surface area contributed by atoms with E-state index in [1.54, 1.807) is 13.0 Å². The quantitative estimate of drug-likeness (QED) is 0.724. The fourth-order valence-electron chi connectivity index (χ4n) is 2.27. The maximum Gasteiger partial charge on any atom is 0.314 e. The Bertz CT molecular complexity index is 461. The Kier molecular flexibility index (Phi) is 6.62. The molecule has 0 aliphatic rings. The summed E-state index contributed by atoms with van der Waals surface area (Å²) < 4.78 is 13.0. The number of benzene rings is 1. The Morgan fingerprint density at radius 1 is 1.38 bits per heavy atom. The summed E-state index contributed by atoms with van der Waals surface area (Å²) in [6, 6.07) is 6.10. The molecule has 0 radical (unpaired) electrons. The number of hydrogen-bond acceptors (Lipinski definition) is 2. The van der Waals surface area contributed by atoms with Crippen LogP contribution in [0.3, 0.4) is 0 Å². The zero-order valence-corrected chi connectivity index (χ0v) is 12.9. The van der Waals surface area contributed by atoms with Gasteiger partial charge in [0.2, 0.25) is 0 Å². The number of aliphatic hydroxyl groups excluding tert-OH is 1. The molecule has 118 valence electrons. The van der Waals surface area contributed by atoms with Crippen LogP contribution in [0.2, 0.25) is 0 Å². The van der Waals surface area contributed by atoms with Crippen LogP contribution in [0.5, 0.6) is 0 Å². The van der Waals surface area contributed by atoms with Gasteiger partial charge in [0.15, 0.2) is 0 Å². The zero-order chi connectivity index (χ0) is 15.9. The van der Waals surface area contributed by atoms with Crippen molar-refractivity contribution in [2.75, 3.05) is 13.1 Å². The molecule has 3 N–H and O–H groups in total. The number of aliphatic hydroxyl groups is 1. The first-order valence-electron chi connectivity index (χ1n) is 7.23. The summed E-state index contributed by atoms with van der Waals surface area (Å²) in [5.41, 5.74) is 0.693. The van der Waals surface area contributed by atoms with E-state index in [9.17, 15) is 14.3 Å². The van der Waals surface area contributed by atoms with Crippen LogP contribution in [0.4, 0.5) is 9.18 Å². The van der Waals surface area contributed by atoms with Gasteiger partial charge in [0, 0.05) is 13.1 Å². The number of hydrogen-bond donors (Lipinski definition) is 3. The Balaban J connectivity index is 2.25. The molecule has 5 heteroatoms. The molecule has 4 nitrogen and oxygen atoms in total. The monoisotopic (exact) mass is 296 g/mol. The lowest BCUT2D eigenvalue weighted by atomic mass is 9.87. The van der Waals surface area contributed by atoms with Crippen molar-refractivity contribution in [2.24, 2.45) is 5.41 Å². The highest BCUT2D eigenvalue weighted by Gasteiger charge is 2.20. The second-order valence-corrected chi connectivity index (χ2v) is 6.21. The third-order valence-electron chi connectivity index (χ3n) is 3.16. The van der Waals surface area contributed by atoms with Gasteiger partial charge in [0.05, 0.1) is 6.10 Å². The number of urea groups is 1. The lowest BCUT2D eigenvalue weighted by molar-refractivity contribution is 0.129. The van der Waals surface area contributed by atoms with Gasteiger partial charge in [-0.25, -0.2) is 9.18 Å². The molecule has 0 aliphatic carbocycles. The molecule has 0 aromatic heterocycles. The molecule has 0 aliphatic heterocycles. The predicted octanol–water partition coefficient (Wildman–Crippen LogP) is 2.46. The van der Waals surface area contributed by atoms with Gasteiger partial charge in [-0.05, 0) is 42.9 Å². The van der Waals surface area contributed by atoms with Crippen LogP contribution in [-0.4, -0.2) is 30.3 Å².